The van der Waals surface area contributed by atoms with Gasteiger partial charge in [-0.1, -0.05) is 48.0 Å². The number of sulfonamides is 1. The summed E-state index contributed by atoms with van der Waals surface area (Å²) >= 11 is 1.70. The van der Waals surface area contributed by atoms with Gasteiger partial charge in [0.05, 0.1) is 4.90 Å². The average Bonchev–Trinajstić information content (AvgIpc) is 2.70. The third-order valence-corrected chi connectivity index (χ3v) is 6.55. The molecule has 0 aromatic heterocycles. The number of hydrogen-bond donors (Lipinski definition) is 1. The van der Waals surface area contributed by atoms with Crippen LogP contribution >= 0.6 is 11.8 Å². The summed E-state index contributed by atoms with van der Waals surface area (Å²) in [6.45, 7) is 2.45. The number of rotatable bonds is 9. The predicted molar refractivity (Wildman–Crippen MR) is 115 cm³/mol. The lowest BCUT2D eigenvalue weighted by atomic mass is 10.2. The average molecular weight is 414 g/mol. The fourth-order valence-corrected chi connectivity index (χ4v) is 4.50. The van der Waals surface area contributed by atoms with Crippen LogP contribution in [0.2, 0.25) is 0 Å². The topological polar surface area (TPSA) is 55.4 Å². The van der Waals surface area contributed by atoms with Crippen molar-refractivity contribution in [1.29, 1.82) is 0 Å². The summed E-state index contributed by atoms with van der Waals surface area (Å²) in [4.78, 5) is 0.233. The van der Waals surface area contributed by atoms with Gasteiger partial charge in [0.1, 0.15) is 11.5 Å². The van der Waals surface area contributed by atoms with Gasteiger partial charge in [-0.2, -0.15) is 11.8 Å². The number of aryl methyl sites for hydroxylation is 1. The Balaban J connectivity index is 1.46. The van der Waals surface area contributed by atoms with Crippen LogP contribution in [0, 0.1) is 6.92 Å². The van der Waals surface area contributed by atoms with Crippen molar-refractivity contribution in [2.24, 2.45) is 0 Å². The minimum Gasteiger partial charge on any atom is -0.457 e. The maximum Gasteiger partial charge on any atom is 0.240 e. The molecule has 28 heavy (non-hydrogen) atoms. The second kappa shape index (κ2) is 9.78. The van der Waals surface area contributed by atoms with E-state index in [4.69, 9.17) is 4.74 Å². The fourth-order valence-electron chi connectivity index (χ4n) is 2.52. The second-order valence-corrected chi connectivity index (χ2v) is 9.19. The Morgan fingerprint density at radius 1 is 0.857 bits per heavy atom. The first kappa shape index (κ1) is 20.5. The molecule has 0 atom stereocenters. The molecule has 0 radical (unpaired) electrons. The number of para-hydroxylation sites is 1. The summed E-state index contributed by atoms with van der Waals surface area (Å²) in [6.07, 6.45) is 0. The van der Waals surface area contributed by atoms with Gasteiger partial charge in [-0.25, -0.2) is 13.1 Å². The molecule has 3 rings (SSSR count). The van der Waals surface area contributed by atoms with E-state index in [0.29, 0.717) is 23.8 Å². The number of nitrogens with one attached hydrogen (secondary N) is 1. The first-order chi connectivity index (χ1) is 13.5. The van der Waals surface area contributed by atoms with E-state index in [0.717, 1.165) is 5.75 Å². The molecule has 0 fully saturated rings. The van der Waals surface area contributed by atoms with Gasteiger partial charge >= 0.3 is 0 Å². The Morgan fingerprint density at radius 3 is 2.18 bits per heavy atom. The van der Waals surface area contributed by atoms with Crippen molar-refractivity contribution >= 4 is 21.8 Å². The van der Waals surface area contributed by atoms with Crippen molar-refractivity contribution in [3.8, 4) is 11.5 Å². The van der Waals surface area contributed by atoms with Crippen molar-refractivity contribution in [2.75, 3.05) is 12.3 Å². The molecule has 0 saturated heterocycles. The lowest BCUT2D eigenvalue weighted by molar-refractivity contribution is 0.482. The Bertz CT molecular complexity index is 971. The van der Waals surface area contributed by atoms with E-state index in [1.165, 1.54) is 11.1 Å². The maximum atomic E-state index is 12.4. The number of thioether (sulfide) groups is 1. The number of ether oxygens (including phenoxy) is 1. The molecule has 0 unspecified atom stereocenters. The van der Waals surface area contributed by atoms with E-state index in [-0.39, 0.29) is 4.90 Å². The largest absolute Gasteiger partial charge is 0.457 e. The van der Waals surface area contributed by atoms with Crippen LogP contribution in [0.3, 0.4) is 0 Å². The third-order valence-electron chi connectivity index (χ3n) is 4.04. The highest BCUT2D eigenvalue weighted by molar-refractivity contribution is 7.98. The molecule has 4 nitrogen and oxygen atoms in total. The van der Waals surface area contributed by atoms with E-state index in [1.54, 1.807) is 36.0 Å². The summed E-state index contributed by atoms with van der Waals surface area (Å²) in [6, 6.07) is 24.2. The predicted octanol–water partition coefficient (Wildman–Crippen LogP) is 5.00. The van der Waals surface area contributed by atoms with Crippen LogP contribution in [0.4, 0.5) is 0 Å². The molecule has 1 N–H and O–H groups in total. The highest BCUT2D eigenvalue weighted by atomic mass is 32.2. The van der Waals surface area contributed by atoms with Crippen LogP contribution in [0.15, 0.2) is 83.8 Å². The summed E-state index contributed by atoms with van der Waals surface area (Å²) in [7, 11) is -3.52. The molecule has 0 aliphatic rings. The van der Waals surface area contributed by atoms with Crippen LogP contribution in [0.5, 0.6) is 11.5 Å². The zero-order valence-electron chi connectivity index (χ0n) is 15.7. The molecule has 0 spiro atoms. The molecule has 0 saturated carbocycles. The number of benzene rings is 3. The van der Waals surface area contributed by atoms with Crippen LogP contribution < -0.4 is 9.46 Å². The standard InChI is InChI=1S/C22H23NO3S2/c1-18-7-9-19(10-8-18)17-27-16-15-23-28(24,25)22-13-11-21(12-14-22)26-20-5-3-2-4-6-20/h2-14,23H,15-17H2,1H3. The van der Waals surface area contributed by atoms with Gasteiger partial charge in [-0.15, -0.1) is 0 Å². The SMILES string of the molecule is Cc1ccc(CSCCNS(=O)(=O)c2ccc(Oc3ccccc3)cc2)cc1. The van der Waals surface area contributed by atoms with Crippen LogP contribution in [-0.4, -0.2) is 20.7 Å². The lowest BCUT2D eigenvalue weighted by Crippen LogP contribution is -2.26. The summed E-state index contributed by atoms with van der Waals surface area (Å²) in [5.74, 6) is 2.89. The maximum absolute atomic E-state index is 12.4. The molecule has 146 valence electrons. The van der Waals surface area contributed by atoms with E-state index in [9.17, 15) is 8.42 Å². The van der Waals surface area contributed by atoms with Gasteiger partial charge in [-0.05, 0) is 48.9 Å². The van der Waals surface area contributed by atoms with E-state index in [1.807, 2.05) is 30.3 Å². The van der Waals surface area contributed by atoms with E-state index >= 15 is 0 Å². The smallest absolute Gasteiger partial charge is 0.240 e. The minimum absolute atomic E-state index is 0.233. The summed E-state index contributed by atoms with van der Waals surface area (Å²) in [5.41, 5.74) is 2.48. The molecular formula is C22H23NO3S2. The Labute approximate surface area is 171 Å². The summed E-state index contributed by atoms with van der Waals surface area (Å²) < 4.78 is 33.2. The Morgan fingerprint density at radius 2 is 1.50 bits per heavy atom. The molecule has 0 aliphatic carbocycles. The molecule has 0 heterocycles. The Kier molecular flexibility index (Phi) is 7.14. The molecule has 3 aromatic carbocycles. The van der Waals surface area contributed by atoms with E-state index in [2.05, 4.69) is 35.9 Å². The minimum atomic E-state index is -3.52. The van der Waals surface area contributed by atoms with Crippen LogP contribution in [0.25, 0.3) is 0 Å². The fraction of sp³-hybridized carbons (Fsp3) is 0.182. The molecular weight excluding hydrogens is 390 g/mol. The number of hydrogen-bond acceptors (Lipinski definition) is 4. The van der Waals surface area contributed by atoms with Crippen LogP contribution in [-0.2, 0) is 15.8 Å². The van der Waals surface area contributed by atoms with Gasteiger partial charge < -0.3 is 4.74 Å². The molecule has 0 bridgehead atoms. The zero-order valence-corrected chi connectivity index (χ0v) is 17.3. The summed E-state index contributed by atoms with van der Waals surface area (Å²) in [5, 5.41) is 0. The quantitative estimate of drug-likeness (QED) is 0.502. The van der Waals surface area contributed by atoms with Crippen LogP contribution in [0.1, 0.15) is 11.1 Å². The van der Waals surface area contributed by atoms with Gasteiger partial charge in [-0.3, -0.25) is 0 Å². The van der Waals surface area contributed by atoms with Gasteiger partial charge in [0.15, 0.2) is 0 Å². The van der Waals surface area contributed by atoms with Gasteiger partial charge in [0.25, 0.3) is 0 Å². The Hall–Kier alpha value is -2.28. The van der Waals surface area contributed by atoms with Crippen molar-refractivity contribution < 1.29 is 13.2 Å². The first-order valence-corrected chi connectivity index (χ1v) is 11.6. The highest BCUT2D eigenvalue weighted by Gasteiger charge is 2.13. The van der Waals surface area contributed by atoms with Crippen molar-refractivity contribution in [2.45, 2.75) is 17.6 Å². The normalized spacial score (nSPS) is 11.3. The monoisotopic (exact) mass is 413 g/mol. The highest BCUT2D eigenvalue weighted by Crippen LogP contribution is 2.22. The molecule has 3 aromatic rings. The van der Waals surface area contributed by atoms with Crippen molar-refractivity contribution in [3.63, 3.8) is 0 Å². The molecule has 0 aliphatic heterocycles. The lowest BCUT2D eigenvalue weighted by Gasteiger charge is -2.09. The second-order valence-electron chi connectivity index (χ2n) is 6.32. The first-order valence-electron chi connectivity index (χ1n) is 8.99. The molecule has 6 heteroatoms. The van der Waals surface area contributed by atoms with Crippen molar-refractivity contribution in [3.05, 3.63) is 90.0 Å². The van der Waals surface area contributed by atoms with Gasteiger partial charge in [0, 0.05) is 18.1 Å². The molecule has 0 amide bonds. The van der Waals surface area contributed by atoms with Gasteiger partial charge in [0.2, 0.25) is 10.0 Å². The zero-order chi connectivity index (χ0) is 19.8. The third kappa shape index (κ3) is 6.12. The van der Waals surface area contributed by atoms with Crippen molar-refractivity contribution in [1.82, 2.24) is 4.72 Å². The van der Waals surface area contributed by atoms with E-state index < -0.39 is 10.0 Å².